The van der Waals surface area contributed by atoms with Crippen molar-refractivity contribution in [2.75, 3.05) is 18.6 Å². The third kappa shape index (κ3) is 3.63. The number of nitrogens with zero attached hydrogens (tertiary/aromatic N) is 2. The minimum absolute atomic E-state index is 0.0111. The molecule has 1 N–H and O–H groups in total. The van der Waals surface area contributed by atoms with E-state index in [1.54, 1.807) is 25.4 Å². The number of nitrogens with one attached hydrogen (secondary N) is 1. The van der Waals surface area contributed by atoms with Gasteiger partial charge in [0.25, 0.3) is 11.8 Å². The molecule has 3 heterocycles. The molecule has 1 atom stereocenters. The molecule has 5 rings (SSSR count). The van der Waals surface area contributed by atoms with Gasteiger partial charge in [0.05, 0.1) is 12.0 Å². The first-order chi connectivity index (χ1) is 15.1. The summed E-state index contributed by atoms with van der Waals surface area (Å²) in [5.41, 5.74) is 2.43. The molecule has 0 saturated carbocycles. The molecule has 0 bridgehead atoms. The summed E-state index contributed by atoms with van der Waals surface area (Å²) in [5.74, 6) is 0.287. The van der Waals surface area contributed by atoms with Crippen LogP contribution in [0, 0.1) is 0 Å². The van der Waals surface area contributed by atoms with Gasteiger partial charge in [0.15, 0.2) is 5.69 Å². The second-order valence-electron chi connectivity index (χ2n) is 7.35. The van der Waals surface area contributed by atoms with E-state index in [4.69, 9.17) is 13.7 Å². The molecule has 156 valence electrons. The van der Waals surface area contributed by atoms with Crippen LogP contribution in [0.2, 0.25) is 0 Å². The first-order valence-electron chi connectivity index (χ1n) is 9.80. The van der Waals surface area contributed by atoms with Crippen molar-refractivity contribution in [3.05, 3.63) is 77.9 Å². The number of carbonyl (C=O) groups is 2. The number of hydrogen-bond donors (Lipinski definition) is 1. The molecular weight excluding hydrogens is 398 g/mol. The van der Waals surface area contributed by atoms with Crippen molar-refractivity contribution < 1.29 is 23.3 Å². The highest BCUT2D eigenvalue weighted by Gasteiger charge is 2.32. The van der Waals surface area contributed by atoms with Crippen molar-refractivity contribution in [2.24, 2.45) is 0 Å². The normalized spacial score (nSPS) is 16.0. The molecular formula is C23H19N3O5. The van der Waals surface area contributed by atoms with E-state index in [1.165, 1.54) is 4.90 Å². The lowest BCUT2D eigenvalue weighted by atomic mass is 10.1. The molecule has 0 aliphatic carbocycles. The van der Waals surface area contributed by atoms with Crippen LogP contribution in [-0.4, -0.2) is 36.7 Å². The van der Waals surface area contributed by atoms with Gasteiger partial charge in [0, 0.05) is 31.0 Å². The van der Waals surface area contributed by atoms with Crippen LogP contribution < -0.4 is 15.0 Å². The summed E-state index contributed by atoms with van der Waals surface area (Å²) in [6, 6.07) is 15.8. The van der Waals surface area contributed by atoms with Crippen LogP contribution in [0.3, 0.4) is 0 Å². The van der Waals surface area contributed by atoms with Gasteiger partial charge in [-0.05, 0) is 17.7 Å². The zero-order valence-corrected chi connectivity index (χ0v) is 16.7. The standard InChI is InChI=1S/C23H19N3O5/c1-26-19-10-15-7-8-29-20(15)12-21(19)30-13-18(23(26)28)24-22(27)17-11-16(31-25-17)9-14-5-3-2-4-6-14/h2-8,10-12,18H,9,13H2,1H3,(H,24,27)/t18-/m0/s1. The lowest BCUT2D eigenvalue weighted by Crippen LogP contribution is -2.49. The Hall–Kier alpha value is -4.07. The third-order valence-electron chi connectivity index (χ3n) is 5.25. The third-order valence-corrected chi connectivity index (χ3v) is 5.25. The summed E-state index contributed by atoms with van der Waals surface area (Å²) < 4.78 is 16.5. The zero-order valence-electron chi connectivity index (χ0n) is 16.7. The second kappa shape index (κ2) is 7.64. The average Bonchev–Trinajstić information content (AvgIpc) is 3.42. The SMILES string of the molecule is CN1C(=O)[C@@H](NC(=O)c2cc(Cc3ccccc3)on2)COc2cc3occc3cc21. The highest BCUT2D eigenvalue weighted by Crippen LogP contribution is 2.35. The Kier molecular flexibility index (Phi) is 4.66. The number of anilines is 1. The molecule has 0 fully saturated rings. The van der Waals surface area contributed by atoms with Gasteiger partial charge in [-0.2, -0.15) is 0 Å². The Morgan fingerprint density at radius 1 is 1.19 bits per heavy atom. The van der Waals surface area contributed by atoms with Gasteiger partial charge in [0.2, 0.25) is 0 Å². The molecule has 4 aromatic rings. The molecule has 0 unspecified atom stereocenters. The Morgan fingerprint density at radius 2 is 2.03 bits per heavy atom. The first kappa shape index (κ1) is 18.9. The maximum Gasteiger partial charge on any atom is 0.274 e. The molecule has 2 amide bonds. The summed E-state index contributed by atoms with van der Waals surface area (Å²) >= 11 is 0. The molecule has 2 aromatic carbocycles. The summed E-state index contributed by atoms with van der Waals surface area (Å²) in [4.78, 5) is 27.1. The van der Waals surface area contributed by atoms with E-state index in [2.05, 4.69) is 10.5 Å². The van der Waals surface area contributed by atoms with E-state index in [0.717, 1.165) is 10.9 Å². The van der Waals surface area contributed by atoms with Crippen LogP contribution >= 0.6 is 0 Å². The fraction of sp³-hybridized carbons (Fsp3) is 0.174. The second-order valence-corrected chi connectivity index (χ2v) is 7.35. The highest BCUT2D eigenvalue weighted by atomic mass is 16.5. The fourth-order valence-corrected chi connectivity index (χ4v) is 3.59. The van der Waals surface area contributed by atoms with Crippen LogP contribution in [0.5, 0.6) is 5.75 Å². The Bertz CT molecular complexity index is 1260. The molecule has 1 aliphatic heterocycles. The van der Waals surface area contributed by atoms with E-state index in [9.17, 15) is 9.59 Å². The summed E-state index contributed by atoms with van der Waals surface area (Å²) in [6.07, 6.45) is 2.10. The van der Waals surface area contributed by atoms with Crippen LogP contribution in [0.15, 0.2) is 69.8 Å². The predicted octanol–water partition coefficient (Wildman–Crippen LogP) is 3.17. The van der Waals surface area contributed by atoms with Crippen LogP contribution in [0.1, 0.15) is 21.8 Å². The summed E-state index contributed by atoms with van der Waals surface area (Å²) in [5, 5.41) is 7.41. The van der Waals surface area contributed by atoms with Crippen molar-refractivity contribution in [1.82, 2.24) is 10.5 Å². The van der Waals surface area contributed by atoms with Gasteiger partial charge in [-0.25, -0.2) is 0 Å². The van der Waals surface area contributed by atoms with Crippen molar-refractivity contribution in [2.45, 2.75) is 12.5 Å². The number of amides is 2. The molecule has 0 saturated heterocycles. The molecule has 0 spiro atoms. The molecule has 1 aliphatic rings. The minimum atomic E-state index is -0.870. The predicted molar refractivity (Wildman–Crippen MR) is 112 cm³/mol. The van der Waals surface area contributed by atoms with Crippen LogP contribution in [0.4, 0.5) is 5.69 Å². The van der Waals surface area contributed by atoms with E-state index in [1.807, 2.05) is 42.5 Å². The Labute approximate surface area is 177 Å². The minimum Gasteiger partial charge on any atom is -0.489 e. The zero-order chi connectivity index (χ0) is 21.4. The average molecular weight is 417 g/mol. The van der Waals surface area contributed by atoms with Crippen molar-refractivity contribution >= 4 is 28.5 Å². The largest absolute Gasteiger partial charge is 0.489 e. The Balaban J connectivity index is 1.31. The van der Waals surface area contributed by atoms with Crippen molar-refractivity contribution in [3.63, 3.8) is 0 Å². The number of ether oxygens (including phenoxy) is 1. The van der Waals surface area contributed by atoms with Crippen molar-refractivity contribution in [1.29, 1.82) is 0 Å². The Morgan fingerprint density at radius 3 is 2.87 bits per heavy atom. The molecule has 0 radical (unpaired) electrons. The summed E-state index contributed by atoms with van der Waals surface area (Å²) in [6.45, 7) is -0.0111. The van der Waals surface area contributed by atoms with Crippen LogP contribution in [-0.2, 0) is 11.2 Å². The topological polar surface area (TPSA) is 97.8 Å². The lowest BCUT2D eigenvalue weighted by Gasteiger charge is -2.20. The maximum atomic E-state index is 13.0. The van der Waals surface area contributed by atoms with Crippen molar-refractivity contribution in [3.8, 4) is 5.75 Å². The molecule has 8 nitrogen and oxygen atoms in total. The highest BCUT2D eigenvalue weighted by molar-refractivity contribution is 6.04. The first-order valence-corrected chi connectivity index (χ1v) is 9.80. The van der Waals surface area contributed by atoms with Gasteiger partial charge >= 0.3 is 0 Å². The van der Waals surface area contributed by atoms with Gasteiger partial charge in [0.1, 0.15) is 29.7 Å². The molecule has 31 heavy (non-hydrogen) atoms. The lowest BCUT2D eigenvalue weighted by molar-refractivity contribution is -0.120. The summed E-state index contributed by atoms with van der Waals surface area (Å²) in [7, 11) is 1.65. The van der Waals surface area contributed by atoms with E-state index >= 15 is 0 Å². The number of furan rings is 1. The molecule has 8 heteroatoms. The van der Waals surface area contributed by atoms with E-state index in [0.29, 0.717) is 29.2 Å². The number of benzene rings is 2. The monoisotopic (exact) mass is 417 g/mol. The maximum absolute atomic E-state index is 13.0. The number of likely N-dealkylation sites (N-methyl/N-ethyl adjacent to an activating group) is 1. The number of hydrogen-bond acceptors (Lipinski definition) is 6. The van der Waals surface area contributed by atoms with Gasteiger partial charge in [-0.3, -0.25) is 9.59 Å². The van der Waals surface area contributed by atoms with Gasteiger partial charge in [-0.15, -0.1) is 0 Å². The number of fused-ring (bicyclic) bond motifs is 2. The fourth-order valence-electron chi connectivity index (χ4n) is 3.59. The smallest absolute Gasteiger partial charge is 0.274 e. The number of aromatic nitrogens is 1. The van der Waals surface area contributed by atoms with Crippen LogP contribution in [0.25, 0.3) is 11.0 Å². The molecule has 2 aromatic heterocycles. The van der Waals surface area contributed by atoms with E-state index < -0.39 is 11.9 Å². The van der Waals surface area contributed by atoms with E-state index in [-0.39, 0.29) is 18.2 Å². The van der Waals surface area contributed by atoms with Gasteiger partial charge in [-0.1, -0.05) is 35.5 Å². The number of carbonyl (C=O) groups excluding carboxylic acids is 2. The van der Waals surface area contributed by atoms with Gasteiger partial charge < -0.3 is 23.9 Å². The quantitative estimate of drug-likeness (QED) is 0.548. The number of rotatable bonds is 4.